The average molecular weight is 315 g/mol. The summed E-state index contributed by atoms with van der Waals surface area (Å²) in [6.45, 7) is 2.44. The third kappa shape index (κ3) is 6.14. The lowest BCUT2D eigenvalue weighted by molar-refractivity contribution is -0.115. The second kappa shape index (κ2) is 8.98. The highest BCUT2D eigenvalue weighted by atomic mass is 16.2. The number of hydrogen-bond acceptors (Lipinski definition) is 2. The lowest BCUT2D eigenvalue weighted by atomic mass is 9.97. The number of amides is 3. The van der Waals surface area contributed by atoms with Crippen LogP contribution in [-0.4, -0.2) is 18.5 Å². The lowest BCUT2D eigenvalue weighted by Crippen LogP contribution is -2.29. The van der Waals surface area contributed by atoms with Gasteiger partial charge in [-0.3, -0.25) is 4.79 Å². The van der Waals surface area contributed by atoms with E-state index in [4.69, 9.17) is 0 Å². The quantitative estimate of drug-likeness (QED) is 0.693. The first kappa shape index (κ1) is 17.1. The molecule has 5 heteroatoms. The summed E-state index contributed by atoms with van der Waals surface area (Å²) in [5.74, 6) is -0.0487. The van der Waals surface area contributed by atoms with Crippen molar-refractivity contribution in [1.29, 1.82) is 0 Å². The summed E-state index contributed by atoms with van der Waals surface area (Å²) in [6, 6.07) is 6.92. The van der Waals surface area contributed by atoms with E-state index in [1.54, 1.807) is 31.2 Å². The zero-order valence-electron chi connectivity index (χ0n) is 13.7. The molecule has 3 amide bonds. The molecular formula is C18H25N3O2. The molecule has 0 heterocycles. The molecule has 5 nitrogen and oxygen atoms in total. The van der Waals surface area contributed by atoms with E-state index in [1.165, 1.54) is 18.4 Å². The molecule has 23 heavy (non-hydrogen) atoms. The van der Waals surface area contributed by atoms with Crippen LogP contribution in [0.15, 0.2) is 35.9 Å². The Morgan fingerprint density at radius 2 is 1.91 bits per heavy atom. The van der Waals surface area contributed by atoms with E-state index in [1.807, 2.05) is 0 Å². The van der Waals surface area contributed by atoms with Crippen LogP contribution in [0.5, 0.6) is 0 Å². The highest BCUT2D eigenvalue weighted by Gasteiger charge is 2.06. The zero-order chi connectivity index (χ0) is 16.5. The van der Waals surface area contributed by atoms with Gasteiger partial charge in [0.1, 0.15) is 0 Å². The molecule has 3 N–H and O–H groups in total. The van der Waals surface area contributed by atoms with Crippen molar-refractivity contribution in [2.24, 2.45) is 0 Å². The van der Waals surface area contributed by atoms with E-state index in [0.29, 0.717) is 24.3 Å². The number of allylic oxidation sites excluding steroid dienone is 1. The van der Waals surface area contributed by atoms with Crippen LogP contribution in [0.25, 0.3) is 0 Å². The first-order chi connectivity index (χ1) is 11.2. The van der Waals surface area contributed by atoms with Gasteiger partial charge in [-0.15, -0.1) is 0 Å². The Balaban J connectivity index is 1.77. The van der Waals surface area contributed by atoms with Gasteiger partial charge in [0, 0.05) is 24.3 Å². The van der Waals surface area contributed by atoms with Crippen molar-refractivity contribution in [3.8, 4) is 0 Å². The number of carbonyl (C=O) groups is 2. The summed E-state index contributed by atoms with van der Waals surface area (Å²) >= 11 is 0. The third-order valence-corrected chi connectivity index (χ3v) is 3.84. The Morgan fingerprint density at radius 1 is 1.13 bits per heavy atom. The molecule has 0 unspecified atom stereocenters. The minimum absolute atomic E-state index is 0.0487. The van der Waals surface area contributed by atoms with Crippen LogP contribution in [0.4, 0.5) is 16.2 Å². The summed E-state index contributed by atoms with van der Waals surface area (Å²) in [5, 5.41) is 8.44. The topological polar surface area (TPSA) is 70.2 Å². The van der Waals surface area contributed by atoms with Gasteiger partial charge in [0.15, 0.2) is 0 Å². The van der Waals surface area contributed by atoms with Crippen molar-refractivity contribution in [2.45, 2.75) is 45.4 Å². The first-order valence-electron chi connectivity index (χ1n) is 8.30. The zero-order valence-corrected chi connectivity index (χ0v) is 13.7. The fourth-order valence-electron chi connectivity index (χ4n) is 2.57. The predicted molar refractivity (Wildman–Crippen MR) is 93.6 cm³/mol. The molecule has 0 aliphatic heterocycles. The van der Waals surface area contributed by atoms with Gasteiger partial charge in [0.25, 0.3) is 0 Å². The summed E-state index contributed by atoms with van der Waals surface area (Å²) in [4.78, 5) is 23.3. The maximum atomic E-state index is 11.9. The molecule has 0 fully saturated rings. The van der Waals surface area contributed by atoms with E-state index in [2.05, 4.69) is 22.0 Å². The molecule has 124 valence electrons. The Bertz CT molecular complexity index is 581. The smallest absolute Gasteiger partial charge is 0.319 e. The fraction of sp³-hybridized carbons (Fsp3) is 0.444. The van der Waals surface area contributed by atoms with Crippen LogP contribution in [0.1, 0.15) is 45.4 Å². The van der Waals surface area contributed by atoms with E-state index in [9.17, 15) is 9.59 Å². The molecule has 0 saturated carbocycles. The molecule has 1 aliphatic rings. The molecule has 1 aromatic carbocycles. The van der Waals surface area contributed by atoms with E-state index < -0.39 is 0 Å². The van der Waals surface area contributed by atoms with Crippen molar-refractivity contribution in [3.05, 3.63) is 35.9 Å². The summed E-state index contributed by atoms with van der Waals surface area (Å²) in [7, 11) is 0. The van der Waals surface area contributed by atoms with Gasteiger partial charge in [-0.2, -0.15) is 0 Å². The molecule has 0 atom stereocenters. The monoisotopic (exact) mass is 315 g/mol. The van der Waals surface area contributed by atoms with Gasteiger partial charge < -0.3 is 16.0 Å². The number of urea groups is 1. The minimum atomic E-state index is -0.222. The van der Waals surface area contributed by atoms with Gasteiger partial charge in [0.05, 0.1) is 0 Å². The Labute approximate surface area is 137 Å². The van der Waals surface area contributed by atoms with Crippen LogP contribution in [0.2, 0.25) is 0 Å². The number of hydrogen-bond donors (Lipinski definition) is 3. The SMILES string of the molecule is CCC(=O)Nc1cccc(NC(=O)NCCC2=CCCCC2)c1. The predicted octanol–water partition coefficient (Wildman–Crippen LogP) is 4.05. The standard InChI is InChI=1S/C18H25N3O2/c1-2-17(22)20-15-9-6-10-16(13-15)21-18(23)19-12-11-14-7-4-3-5-8-14/h6-7,9-10,13H,2-5,8,11-12H2,1H3,(H,20,22)(H2,19,21,23). The summed E-state index contributed by atoms with van der Waals surface area (Å²) in [6.07, 6.45) is 8.49. The summed E-state index contributed by atoms with van der Waals surface area (Å²) < 4.78 is 0. The molecule has 0 radical (unpaired) electrons. The van der Waals surface area contributed by atoms with E-state index >= 15 is 0 Å². The number of anilines is 2. The van der Waals surface area contributed by atoms with Crippen LogP contribution in [0, 0.1) is 0 Å². The molecule has 2 rings (SSSR count). The van der Waals surface area contributed by atoms with Crippen molar-refractivity contribution < 1.29 is 9.59 Å². The van der Waals surface area contributed by atoms with Crippen molar-refractivity contribution in [3.63, 3.8) is 0 Å². The second-order valence-corrected chi connectivity index (χ2v) is 5.72. The Morgan fingerprint density at radius 3 is 2.61 bits per heavy atom. The highest BCUT2D eigenvalue weighted by molar-refractivity contribution is 5.93. The number of nitrogens with one attached hydrogen (secondary N) is 3. The van der Waals surface area contributed by atoms with Crippen molar-refractivity contribution in [1.82, 2.24) is 5.32 Å². The second-order valence-electron chi connectivity index (χ2n) is 5.72. The highest BCUT2D eigenvalue weighted by Crippen LogP contribution is 2.19. The fourth-order valence-corrected chi connectivity index (χ4v) is 2.57. The molecule has 0 saturated heterocycles. The normalized spacial score (nSPS) is 13.9. The number of carbonyl (C=O) groups excluding carboxylic acids is 2. The first-order valence-corrected chi connectivity index (χ1v) is 8.30. The Hall–Kier alpha value is -2.30. The molecular weight excluding hydrogens is 290 g/mol. The summed E-state index contributed by atoms with van der Waals surface area (Å²) in [5.41, 5.74) is 2.79. The maximum Gasteiger partial charge on any atom is 0.319 e. The number of rotatable bonds is 6. The van der Waals surface area contributed by atoms with Crippen LogP contribution in [-0.2, 0) is 4.79 Å². The lowest BCUT2D eigenvalue weighted by Gasteiger charge is -2.13. The maximum absolute atomic E-state index is 11.9. The van der Waals surface area contributed by atoms with Crippen LogP contribution < -0.4 is 16.0 Å². The van der Waals surface area contributed by atoms with Gasteiger partial charge in [-0.1, -0.05) is 24.6 Å². The molecule has 0 bridgehead atoms. The number of benzene rings is 1. The molecule has 0 spiro atoms. The van der Waals surface area contributed by atoms with Crippen LogP contribution in [0.3, 0.4) is 0 Å². The van der Waals surface area contributed by atoms with E-state index in [-0.39, 0.29) is 11.9 Å². The van der Waals surface area contributed by atoms with Crippen molar-refractivity contribution in [2.75, 3.05) is 17.2 Å². The van der Waals surface area contributed by atoms with Crippen molar-refractivity contribution >= 4 is 23.3 Å². The molecule has 1 aliphatic carbocycles. The van der Waals surface area contributed by atoms with E-state index in [0.717, 1.165) is 19.3 Å². The molecule has 0 aromatic heterocycles. The average Bonchev–Trinajstić information content (AvgIpc) is 2.56. The van der Waals surface area contributed by atoms with Gasteiger partial charge in [-0.25, -0.2) is 4.79 Å². The third-order valence-electron chi connectivity index (χ3n) is 3.84. The van der Waals surface area contributed by atoms with Gasteiger partial charge in [0.2, 0.25) is 5.91 Å². The van der Waals surface area contributed by atoms with Gasteiger partial charge >= 0.3 is 6.03 Å². The molecule has 1 aromatic rings. The largest absolute Gasteiger partial charge is 0.338 e. The van der Waals surface area contributed by atoms with Crippen LogP contribution >= 0.6 is 0 Å². The minimum Gasteiger partial charge on any atom is -0.338 e. The Kier molecular flexibility index (Phi) is 6.66. The van der Waals surface area contributed by atoms with Gasteiger partial charge in [-0.05, 0) is 50.3 Å².